The van der Waals surface area contributed by atoms with E-state index in [-0.39, 0.29) is 11.4 Å². The molecule has 0 aliphatic carbocycles. The average Bonchev–Trinajstić information content (AvgIpc) is 2.89. The van der Waals surface area contributed by atoms with Gasteiger partial charge in [0.2, 0.25) is 0 Å². The van der Waals surface area contributed by atoms with Crippen LogP contribution in [0.2, 0.25) is 0 Å². The predicted molar refractivity (Wildman–Crippen MR) is 135 cm³/mol. The SMILES string of the molecule is N#C/C(=C\c1ccc(Cc2ccccc2F)cc1)C(=O)Nc1ccc(OCc2ccccc2)cc1. The zero-order chi connectivity index (χ0) is 24.5. The molecule has 0 spiro atoms. The number of anilines is 1. The molecule has 0 aliphatic heterocycles. The van der Waals surface area contributed by atoms with E-state index in [4.69, 9.17) is 4.74 Å². The molecule has 0 radical (unpaired) electrons. The highest BCUT2D eigenvalue weighted by Crippen LogP contribution is 2.19. The van der Waals surface area contributed by atoms with Crippen molar-refractivity contribution in [2.45, 2.75) is 13.0 Å². The number of ether oxygens (including phenoxy) is 1. The van der Waals surface area contributed by atoms with E-state index in [9.17, 15) is 14.4 Å². The van der Waals surface area contributed by atoms with Crippen molar-refractivity contribution in [2.75, 3.05) is 5.32 Å². The van der Waals surface area contributed by atoms with Crippen LogP contribution < -0.4 is 10.1 Å². The lowest BCUT2D eigenvalue weighted by atomic mass is 10.0. The van der Waals surface area contributed by atoms with Crippen LogP contribution in [0, 0.1) is 17.1 Å². The maximum atomic E-state index is 13.9. The van der Waals surface area contributed by atoms with Gasteiger partial charge in [-0.15, -0.1) is 0 Å². The molecule has 4 aromatic rings. The van der Waals surface area contributed by atoms with Gasteiger partial charge in [-0.2, -0.15) is 5.26 Å². The molecule has 35 heavy (non-hydrogen) atoms. The van der Waals surface area contributed by atoms with E-state index < -0.39 is 5.91 Å². The molecule has 0 unspecified atom stereocenters. The highest BCUT2D eigenvalue weighted by molar-refractivity contribution is 6.09. The van der Waals surface area contributed by atoms with Crippen molar-refractivity contribution in [1.82, 2.24) is 0 Å². The lowest BCUT2D eigenvalue weighted by Crippen LogP contribution is -2.13. The van der Waals surface area contributed by atoms with E-state index in [0.717, 1.165) is 11.1 Å². The summed E-state index contributed by atoms with van der Waals surface area (Å²) in [4.78, 5) is 12.6. The summed E-state index contributed by atoms with van der Waals surface area (Å²) >= 11 is 0. The number of carbonyl (C=O) groups excluding carboxylic acids is 1. The minimum absolute atomic E-state index is 0.0174. The summed E-state index contributed by atoms with van der Waals surface area (Å²) in [5, 5.41) is 12.2. The van der Waals surface area contributed by atoms with Gasteiger partial charge < -0.3 is 10.1 Å². The Balaban J connectivity index is 1.36. The third-order valence-corrected chi connectivity index (χ3v) is 5.37. The topological polar surface area (TPSA) is 62.1 Å². The molecular formula is C30H23FN2O2. The first-order valence-electron chi connectivity index (χ1n) is 11.1. The largest absolute Gasteiger partial charge is 0.489 e. The quantitative estimate of drug-likeness (QED) is 0.239. The Bertz CT molecular complexity index is 1360. The second-order valence-electron chi connectivity index (χ2n) is 7.93. The zero-order valence-electron chi connectivity index (χ0n) is 18.9. The Kier molecular flexibility index (Phi) is 7.67. The Labute approximate surface area is 203 Å². The number of amides is 1. The predicted octanol–water partition coefficient (Wildman–Crippen LogP) is 6.54. The molecule has 0 saturated heterocycles. The summed E-state index contributed by atoms with van der Waals surface area (Å²) in [6.45, 7) is 0.451. The summed E-state index contributed by atoms with van der Waals surface area (Å²) in [5.74, 6) is -0.0602. The molecule has 4 nitrogen and oxygen atoms in total. The number of hydrogen-bond donors (Lipinski definition) is 1. The Morgan fingerprint density at radius 1 is 0.857 bits per heavy atom. The van der Waals surface area contributed by atoms with Gasteiger partial charge in [0.15, 0.2) is 0 Å². The van der Waals surface area contributed by atoms with Crippen LogP contribution in [0.4, 0.5) is 10.1 Å². The van der Waals surface area contributed by atoms with E-state index in [0.29, 0.717) is 35.6 Å². The Hall–Kier alpha value is -4.69. The number of nitrogens with zero attached hydrogens (tertiary/aromatic N) is 1. The minimum atomic E-state index is -0.499. The number of nitriles is 1. The molecule has 0 aliphatic rings. The van der Waals surface area contributed by atoms with E-state index in [2.05, 4.69) is 5.32 Å². The lowest BCUT2D eigenvalue weighted by Gasteiger charge is -2.08. The van der Waals surface area contributed by atoms with Crippen molar-refractivity contribution in [1.29, 1.82) is 5.26 Å². The third-order valence-electron chi connectivity index (χ3n) is 5.37. The molecule has 4 aromatic carbocycles. The molecule has 5 heteroatoms. The molecule has 0 heterocycles. The average molecular weight is 463 g/mol. The fourth-order valence-corrected chi connectivity index (χ4v) is 3.48. The van der Waals surface area contributed by atoms with Crippen molar-refractivity contribution in [3.05, 3.63) is 137 Å². The van der Waals surface area contributed by atoms with Crippen LogP contribution >= 0.6 is 0 Å². The molecule has 0 fully saturated rings. The molecule has 172 valence electrons. The van der Waals surface area contributed by atoms with Gasteiger partial charge >= 0.3 is 0 Å². The smallest absolute Gasteiger partial charge is 0.266 e. The fourth-order valence-electron chi connectivity index (χ4n) is 3.48. The van der Waals surface area contributed by atoms with Crippen LogP contribution in [0.1, 0.15) is 22.3 Å². The number of carbonyl (C=O) groups is 1. The summed E-state index contributed by atoms with van der Waals surface area (Å²) in [6.07, 6.45) is 1.99. The zero-order valence-corrected chi connectivity index (χ0v) is 18.9. The second kappa shape index (κ2) is 11.4. The van der Waals surface area contributed by atoms with E-state index in [1.165, 1.54) is 12.1 Å². The van der Waals surface area contributed by atoms with Crippen molar-refractivity contribution in [3.8, 4) is 11.8 Å². The Morgan fingerprint density at radius 2 is 1.54 bits per heavy atom. The molecular weight excluding hydrogens is 439 g/mol. The van der Waals surface area contributed by atoms with Gasteiger partial charge in [0.05, 0.1) is 0 Å². The summed E-state index contributed by atoms with van der Waals surface area (Å²) in [6, 6.07) is 32.8. The van der Waals surface area contributed by atoms with Gasteiger partial charge in [0, 0.05) is 12.1 Å². The normalized spacial score (nSPS) is 10.9. The standard InChI is InChI=1S/C30H23FN2O2/c31-29-9-5-4-8-25(29)18-22-10-12-23(13-11-22)19-26(20-32)30(34)33-27-14-16-28(17-15-27)35-21-24-6-2-1-3-7-24/h1-17,19H,18,21H2,(H,33,34)/b26-19+. The molecule has 1 N–H and O–H groups in total. The van der Waals surface area contributed by atoms with Crippen molar-refractivity contribution in [3.63, 3.8) is 0 Å². The number of benzene rings is 4. The first-order valence-corrected chi connectivity index (χ1v) is 11.1. The van der Waals surface area contributed by atoms with Crippen LogP contribution in [-0.4, -0.2) is 5.91 Å². The second-order valence-corrected chi connectivity index (χ2v) is 7.93. The molecule has 4 rings (SSSR count). The number of halogens is 1. The van der Waals surface area contributed by atoms with Gasteiger partial charge in [0.25, 0.3) is 5.91 Å². The monoisotopic (exact) mass is 462 g/mol. The summed E-state index contributed by atoms with van der Waals surface area (Å²) < 4.78 is 19.6. The first-order chi connectivity index (χ1) is 17.1. The molecule has 0 bridgehead atoms. The molecule has 0 saturated carbocycles. The number of rotatable bonds is 8. The van der Waals surface area contributed by atoms with Gasteiger partial charge in [-0.25, -0.2) is 4.39 Å². The van der Waals surface area contributed by atoms with Gasteiger partial charge in [0.1, 0.15) is 29.8 Å². The van der Waals surface area contributed by atoms with Crippen molar-refractivity contribution >= 4 is 17.7 Å². The first kappa shape index (κ1) is 23.5. The van der Waals surface area contributed by atoms with Crippen molar-refractivity contribution in [2.24, 2.45) is 0 Å². The number of hydrogen-bond acceptors (Lipinski definition) is 3. The molecule has 0 atom stereocenters. The van der Waals surface area contributed by atoms with Crippen LogP contribution in [-0.2, 0) is 17.8 Å². The van der Waals surface area contributed by atoms with Crippen molar-refractivity contribution < 1.29 is 13.9 Å². The van der Waals surface area contributed by atoms with Crippen LogP contribution in [0.15, 0.2) is 109 Å². The highest BCUT2D eigenvalue weighted by atomic mass is 19.1. The molecule has 0 aromatic heterocycles. The van der Waals surface area contributed by atoms with E-state index in [1.807, 2.05) is 48.5 Å². The van der Waals surface area contributed by atoms with E-state index >= 15 is 0 Å². The molecule has 1 amide bonds. The third kappa shape index (κ3) is 6.66. The fraction of sp³-hybridized carbons (Fsp3) is 0.0667. The van der Waals surface area contributed by atoms with Crippen LogP contribution in [0.25, 0.3) is 6.08 Å². The minimum Gasteiger partial charge on any atom is -0.489 e. The maximum Gasteiger partial charge on any atom is 0.266 e. The van der Waals surface area contributed by atoms with Gasteiger partial charge in [-0.3, -0.25) is 4.79 Å². The highest BCUT2D eigenvalue weighted by Gasteiger charge is 2.10. The summed E-state index contributed by atoms with van der Waals surface area (Å²) in [5.41, 5.74) is 3.86. The van der Waals surface area contributed by atoms with Gasteiger partial charge in [-0.1, -0.05) is 72.8 Å². The van der Waals surface area contributed by atoms with Gasteiger partial charge in [-0.05, 0) is 58.7 Å². The van der Waals surface area contributed by atoms with Crippen LogP contribution in [0.3, 0.4) is 0 Å². The maximum absolute atomic E-state index is 13.9. The van der Waals surface area contributed by atoms with E-state index in [1.54, 1.807) is 54.6 Å². The lowest BCUT2D eigenvalue weighted by molar-refractivity contribution is -0.112. The number of nitrogens with one attached hydrogen (secondary N) is 1. The Morgan fingerprint density at radius 3 is 2.23 bits per heavy atom. The summed E-state index contributed by atoms with van der Waals surface area (Å²) in [7, 11) is 0. The van der Waals surface area contributed by atoms with Crippen LogP contribution in [0.5, 0.6) is 5.75 Å².